The molecule has 1 amide bonds. The number of amides is 1. The molecule has 22 heavy (non-hydrogen) atoms. The van der Waals surface area contributed by atoms with Gasteiger partial charge in [0.15, 0.2) is 17.3 Å². The average Bonchev–Trinajstić information content (AvgIpc) is 2.80. The topological polar surface area (TPSA) is 66.8 Å². The first-order valence-electron chi connectivity index (χ1n) is 7.59. The van der Waals surface area contributed by atoms with E-state index < -0.39 is 0 Å². The molecular formula is C17H18N2O3. The van der Waals surface area contributed by atoms with Gasteiger partial charge in [-0.2, -0.15) is 5.10 Å². The quantitative estimate of drug-likeness (QED) is 0.785. The fourth-order valence-electron chi connectivity index (χ4n) is 3.29. The molecule has 1 aromatic rings. The number of hydrogen-bond acceptors (Lipinski definition) is 4. The molecule has 2 saturated carbocycles. The standard InChI is InChI=1S/C17H18N2O3/c1-19(17(22)11-7-3-2-4-8-11)18-14-15(20)12-9-5-6-10-13(12)16(14)21/h2-4,7-8,12-13H,5-6,9-10H2,1H3. The summed E-state index contributed by atoms with van der Waals surface area (Å²) in [5, 5.41) is 5.13. The SMILES string of the molecule is CN(N=C1C(=O)C2CCCCC2C1=O)C(=O)c1ccccc1. The number of rotatable bonds is 2. The number of carbonyl (C=O) groups is 3. The van der Waals surface area contributed by atoms with Gasteiger partial charge in [0.2, 0.25) is 0 Å². The van der Waals surface area contributed by atoms with Crippen LogP contribution in [0.4, 0.5) is 0 Å². The van der Waals surface area contributed by atoms with Crippen LogP contribution in [0, 0.1) is 11.8 Å². The first kappa shape index (κ1) is 14.6. The van der Waals surface area contributed by atoms with Crippen molar-refractivity contribution < 1.29 is 14.4 Å². The van der Waals surface area contributed by atoms with Crippen molar-refractivity contribution in [3.63, 3.8) is 0 Å². The third-order valence-electron chi connectivity index (χ3n) is 4.47. The minimum Gasteiger partial charge on any atom is -0.292 e. The van der Waals surface area contributed by atoms with Crippen molar-refractivity contribution in [2.24, 2.45) is 16.9 Å². The van der Waals surface area contributed by atoms with Crippen LogP contribution in [0.15, 0.2) is 35.4 Å². The number of hydrogen-bond donors (Lipinski definition) is 0. The van der Waals surface area contributed by atoms with Crippen molar-refractivity contribution in [1.29, 1.82) is 0 Å². The molecule has 0 heterocycles. The van der Waals surface area contributed by atoms with Gasteiger partial charge >= 0.3 is 0 Å². The lowest BCUT2D eigenvalue weighted by Crippen LogP contribution is -2.27. The number of benzene rings is 1. The molecule has 2 atom stereocenters. The highest BCUT2D eigenvalue weighted by Gasteiger charge is 2.48. The normalized spacial score (nSPS) is 24.1. The van der Waals surface area contributed by atoms with Crippen LogP contribution >= 0.6 is 0 Å². The highest BCUT2D eigenvalue weighted by molar-refractivity contribution is 6.70. The van der Waals surface area contributed by atoms with Crippen molar-refractivity contribution in [3.05, 3.63) is 35.9 Å². The summed E-state index contributed by atoms with van der Waals surface area (Å²) in [5.41, 5.74) is 0.424. The third kappa shape index (κ3) is 2.47. The molecule has 2 aliphatic carbocycles. The Morgan fingerprint density at radius 3 is 2.14 bits per heavy atom. The molecular weight excluding hydrogens is 280 g/mol. The lowest BCUT2D eigenvalue weighted by Gasteiger charge is -2.20. The Kier molecular flexibility index (Phi) is 3.88. The van der Waals surface area contributed by atoms with Crippen molar-refractivity contribution >= 4 is 23.2 Å². The average molecular weight is 298 g/mol. The van der Waals surface area contributed by atoms with E-state index >= 15 is 0 Å². The molecule has 114 valence electrons. The number of ketones is 2. The highest BCUT2D eigenvalue weighted by atomic mass is 16.2. The Bertz CT molecular complexity index is 625. The number of Topliss-reactive ketones (excluding diaryl/α,β-unsaturated/α-hetero) is 2. The van der Waals surface area contributed by atoms with Crippen LogP contribution in [0.25, 0.3) is 0 Å². The van der Waals surface area contributed by atoms with E-state index in [4.69, 9.17) is 0 Å². The van der Waals surface area contributed by atoms with Gasteiger partial charge in [-0.25, -0.2) is 5.01 Å². The molecule has 3 rings (SSSR count). The summed E-state index contributed by atoms with van der Waals surface area (Å²) < 4.78 is 0. The number of carbonyl (C=O) groups excluding carboxylic acids is 3. The Hall–Kier alpha value is -2.30. The summed E-state index contributed by atoms with van der Waals surface area (Å²) >= 11 is 0. The zero-order valence-electron chi connectivity index (χ0n) is 12.5. The molecule has 0 spiro atoms. The van der Waals surface area contributed by atoms with E-state index in [-0.39, 0.29) is 35.0 Å². The van der Waals surface area contributed by atoms with Crippen molar-refractivity contribution in [2.45, 2.75) is 25.7 Å². The Labute approximate surface area is 129 Å². The Balaban J connectivity index is 1.83. The van der Waals surface area contributed by atoms with Gasteiger partial charge < -0.3 is 0 Å². The summed E-state index contributed by atoms with van der Waals surface area (Å²) in [6.45, 7) is 0. The second-order valence-corrected chi connectivity index (χ2v) is 5.87. The van der Waals surface area contributed by atoms with Gasteiger partial charge in [-0.1, -0.05) is 31.0 Å². The lowest BCUT2D eigenvalue weighted by molar-refractivity contribution is -0.120. The number of hydrazone groups is 1. The highest BCUT2D eigenvalue weighted by Crippen LogP contribution is 2.36. The molecule has 2 fully saturated rings. The second-order valence-electron chi connectivity index (χ2n) is 5.87. The predicted molar refractivity (Wildman–Crippen MR) is 81.4 cm³/mol. The minimum absolute atomic E-state index is 0.0521. The van der Waals surface area contributed by atoms with Crippen LogP contribution in [0.5, 0.6) is 0 Å². The largest absolute Gasteiger partial charge is 0.292 e. The van der Waals surface area contributed by atoms with Crippen LogP contribution in [-0.4, -0.2) is 35.2 Å². The maximum Gasteiger partial charge on any atom is 0.273 e. The summed E-state index contributed by atoms with van der Waals surface area (Å²) in [4.78, 5) is 37.0. The van der Waals surface area contributed by atoms with Gasteiger partial charge in [0.05, 0.1) is 0 Å². The van der Waals surface area contributed by atoms with Crippen LogP contribution in [0.3, 0.4) is 0 Å². The number of nitrogens with zero attached hydrogens (tertiary/aromatic N) is 2. The molecule has 2 aliphatic rings. The summed E-state index contributed by atoms with van der Waals surface area (Å²) in [5.74, 6) is -1.16. The van der Waals surface area contributed by atoms with Crippen LogP contribution in [0.2, 0.25) is 0 Å². The van der Waals surface area contributed by atoms with E-state index in [0.717, 1.165) is 30.7 Å². The van der Waals surface area contributed by atoms with E-state index in [9.17, 15) is 14.4 Å². The van der Waals surface area contributed by atoms with Gasteiger partial charge in [0.1, 0.15) is 0 Å². The molecule has 0 aromatic heterocycles. The van der Waals surface area contributed by atoms with Gasteiger partial charge in [0, 0.05) is 24.4 Å². The maximum atomic E-state index is 12.4. The van der Waals surface area contributed by atoms with Gasteiger partial charge in [-0.3, -0.25) is 14.4 Å². The third-order valence-corrected chi connectivity index (χ3v) is 4.47. The fourth-order valence-corrected chi connectivity index (χ4v) is 3.29. The second kappa shape index (κ2) is 5.83. The maximum absolute atomic E-state index is 12.4. The van der Waals surface area contributed by atoms with E-state index in [1.807, 2.05) is 6.07 Å². The van der Waals surface area contributed by atoms with E-state index in [1.165, 1.54) is 7.05 Å². The Morgan fingerprint density at radius 2 is 1.59 bits per heavy atom. The van der Waals surface area contributed by atoms with Gasteiger partial charge in [0.25, 0.3) is 5.91 Å². The summed E-state index contributed by atoms with van der Waals surface area (Å²) in [6, 6.07) is 8.69. The van der Waals surface area contributed by atoms with Crippen molar-refractivity contribution in [2.75, 3.05) is 7.05 Å². The van der Waals surface area contributed by atoms with E-state index in [2.05, 4.69) is 5.10 Å². The first-order valence-corrected chi connectivity index (χ1v) is 7.59. The van der Waals surface area contributed by atoms with Crippen LogP contribution in [0.1, 0.15) is 36.0 Å². The van der Waals surface area contributed by atoms with Gasteiger partial charge in [-0.15, -0.1) is 0 Å². The Morgan fingerprint density at radius 1 is 1.05 bits per heavy atom. The smallest absolute Gasteiger partial charge is 0.273 e. The molecule has 0 N–H and O–H groups in total. The fraction of sp³-hybridized carbons (Fsp3) is 0.412. The predicted octanol–water partition coefficient (Wildman–Crippen LogP) is 2.07. The molecule has 5 nitrogen and oxygen atoms in total. The summed E-state index contributed by atoms with van der Waals surface area (Å²) in [6.07, 6.45) is 3.47. The zero-order chi connectivity index (χ0) is 15.7. The number of fused-ring (bicyclic) bond motifs is 1. The first-order chi connectivity index (χ1) is 10.6. The summed E-state index contributed by atoms with van der Waals surface area (Å²) in [7, 11) is 1.48. The molecule has 0 saturated heterocycles. The lowest BCUT2D eigenvalue weighted by atomic mass is 9.81. The molecule has 5 heteroatoms. The monoisotopic (exact) mass is 298 g/mol. The molecule has 1 aromatic carbocycles. The van der Waals surface area contributed by atoms with Crippen molar-refractivity contribution in [3.8, 4) is 0 Å². The van der Waals surface area contributed by atoms with Gasteiger partial charge in [-0.05, 0) is 25.0 Å². The van der Waals surface area contributed by atoms with Crippen molar-refractivity contribution in [1.82, 2.24) is 5.01 Å². The zero-order valence-corrected chi connectivity index (χ0v) is 12.5. The van der Waals surface area contributed by atoms with E-state index in [1.54, 1.807) is 24.3 Å². The van der Waals surface area contributed by atoms with Crippen LogP contribution < -0.4 is 0 Å². The molecule has 2 unspecified atom stereocenters. The molecule has 0 radical (unpaired) electrons. The minimum atomic E-state index is -0.330. The van der Waals surface area contributed by atoms with E-state index in [0.29, 0.717) is 5.56 Å². The molecule has 0 bridgehead atoms. The molecule has 0 aliphatic heterocycles. The van der Waals surface area contributed by atoms with Crippen LogP contribution in [-0.2, 0) is 9.59 Å².